The number of H-pyrrole nitrogens is 1. The largest absolute Gasteiger partial charge is 0.364 e. The third kappa shape index (κ3) is 4.52. The maximum atomic E-state index is 13.4. The fourth-order valence-electron chi connectivity index (χ4n) is 3.92. The minimum absolute atomic E-state index is 0.0136. The second kappa shape index (κ2) is 8.96. The van der Waals surface area contributed by atoms with Crippen LogP contribution in [0.15, 0.2) is 34.1 Å². The first-order valence-corrected chi connectivity index (χ1v) is 13.2. The number of aryl methyl sites for hydroxylation is 1. The summed E-state index contributed by atoms with van der Waals surface area (Å²) < 4.78 is 27.5. The van der Waals surface area contributed by atoms with Gasteiger partial charge in [0.25, 0.3) is 11.8 Å². The molecular weight excluding hydrogens is 529 g/mol. The number of aromatic amines is 1. The molecule has 1 aromatic carbocycles. The average Bonchev–Trinajstić information content (AvgIpc) is 3.19. The van der Waals surface area contributed by atoms with E-state index in [-0.39, 0.29) is 36.8 Å². The molecule has 0 spiro atoms. The summed E-state index contributed by atoms with van der Waals surface area (Å²) in [5, 5.41) is 0.224. The van der Waals surface area contributed by atoms with Crippen molar-refractivity contribution in [3.05, 3.63) is 66.0 Å². The summed E-state index contributed by atoms with van der Waals surface area (Å²) in [5.41, 5.74) is 6.14. The molecule has 0 aliphatic carbocycles. The summed E-state index contributed by atoms with van der Waals surface area (Å²) in [7, 11) is -4.27. The van der Waals surface area contributed by atoms with Gasteiger partial charge in [-0.1, -0.05) is 34.8 Å². The van der Waals surface area contributed by atoms with Crippen LogP contribution in [0.1, 0.15) is 43.4 Å². The number of carbonyl (C=O) groups excluding carboxylic acids is 2. The molecule has 0 bridgehead atoms. The van der Waals surface area contributed by atoms with Crippen LogP contribution in [0.5, 0.6) is 0 Å². The van der Waals surface area contributed by atoms with E-state index >= 15 is 0 Å². The van der Waals surface area contributed by atoms with E-state index in [1.165, 1.54) is 36.5 Å². The number of aromatic nitrogens is 1. The van der Waals surface area contributed by atoms with Crippen LogP contribution >= 0.6 is 46.1 Å². The predicted molar refractivity (Wildman–Crippen MR) is 128 cm³/mol. The van der Waals surface area contributed by atoms with Crippen LogP contribution in [0, 0.1) is 6.92 Å². The number of primary amides is 1. The quantitative estimate of drug-likeness (QED) is 0.486. The van der Waals surface area contributed by atoms with E-state index in [1.807, 2.05) is 6.07 Å². The van der Waals surface area contributed by atoms with E-state index in [9.17, 15) is 18.0 Å². The van der Waals surface area contributed by atoms with Crippen LogP contribution in [-0.4, -0.2) is 36.7 Å². The number of nitrogens with two attached hydrogens (primary N) is 1. The number of amides is 2. The second-order valence-electron chi connectivity index (χ2n) is 7.63. The summed E-state index contributed by atoms with van der Waals surface area (Å²) in [5.74, 6) is -1.44. The third-order valence-corrected chi connectivity index (χ3v) is 9.12. The first-order chi connectivity index (χ1) is 15.5. The first-order valence-electron chi connectivity index (χ1n) is 9.79. The van der Waals surface area contributed by atoms with Crippen molar-refractivity contribution in [3.8, 4) is 0 Å². The highest BCUT2D eigenvalue weighted by atomic mass is 35.5. The molecule has 0 saturated heterocycles. The summed E-state index contributed by atoms with van der Waals surface area (Å²) in [6.45, 7) is 2.25. The minimum atomic E-state index is -4.27. The molecule has 3 aromatic rings. The number of benzene rings is 1. The molecule has 0 unspecified atom stereocenters. The van der Waals surface area contributed by atoms with E-state index < -0.39 is 21.7 Å². The van der Waals surface area contributed by atoms with E-state index in [0.29, 0.717) is 17.4 Å². The summed E-state index contributed by atoms with van der Waals surface area (Å²) in [6, 6.07) is 5.67. The number of hydrogen-bond acceptors (Lipinski definition) is 5. The highest BCUT2D eigenvalue weighted by Crippen LogP contribution is 2.34. The Kier molecular flexibility index (Phi) is 6.54. The topological polar surface area (TPSA) is 113 Å². The van der Waals surface area contributed by atoms with Gasteiger partial charge in [0.1, 0.15) is 16.3 Å². The van der Waals surface area contributed by atoms with E-state index in [0.717, 1.165) is 23.3 Å². The Labute approximate surface area is 209 Å². The van der Waals surface area contributed by atoms with E-state index in [2.05, 4.69) is 4.98 Å². The summed E-state index contributed by atoms with van der Waals surface area (Å²) in [6.07, 6.45) is 1.52. The molecule has 7 nitrogen and oxygen atoms in total. The van der Waals surface area contributed by atoms with Gasteiger partial charge >= 0.3 is 0 Å². The third-order valence-electron chi connectivity index (χ3n) is 5.41. The molecule has 12 heteroatoms. The zero-order chi connectivity index (χ0) is 24.1. The normalized spacial score (nSPS) is 14.1. The van der Waals surface area contributed by atoms with Crippen molar-refractivity contribution in [3.63, 3.8) is 0 Å². The second-order valence-corrected chi connectivity index (χ2v) is 12.2. The molecule has 4 rings (SSSR count). The Balaban J connectivity index is 1.79. The molecular formula is C21H18Cl3N3O4S2. The fourth-order valence-corrected chi connectivity index (χ4v) is 7.65. The number of hydrogen-bond donors (Lipinski definition) is 2. The van der Waals surface area contributed by atoms with Gasteiger partial charge in [-0.3, -0.25) is 9.59 Å². The van der Waals surface area contributed by atoms with Crippen molar-refractivity contribution in [1.29, 1.82) is 0 Å². The lowest BCUT2D eigenvalue weighted by molar-refractivity contribution is 0.0740. The number of halogens is 3. The van der Waals surface area contributed by atoms with Crippen LogP contribution < -0.4 is 5.73 Å². The van der Waals surface area contributed by atoms with Gasteiger partial charge in [0.15, 0.2) is 0 Å². The predicted octanol–water partition coefficient (Wildman–Crippen LogP) is 4.87. The highest BCUT2D eigenvalue weighted by molar-refractivity contribution is 7.91. The maximum absolute atomic E-state index is 13.4. The van der Waals surface area contributed by atoms with E-state index in [4.69, 9.17) is 40.5 Å². The number of fused-ring (bicyclic) bond motifs is 1. The number of sulfone groups is 1. The van der Waals surface area contributed by atoms with Crippen molar-refractivity contribution in [1.82, 2.24) is 9.88 Å². The van der Waals surface area contributed by atoms with Gasteiger partial charge in [0.05, 0.1) is 9.23 Å². The first kappa shape index (κ1) is 24.1. The SMILES string of the molecule is Cc1c(C(=O)N2CCCc3sc(Cl)cc3C2)[nH]c(C(N)=O)c1S(=O)(=O)c1cc(Cl)cc(Cl)c1. The molecule has 1 aliphatic rings. The Morgan fingerprint density at radius 2 is 1.76 bits per heavy atom. The molecule has 174 valence electrons. The zero-order valence-corrected chi connectivity index (χ0v) is 21.1. The minimum Gasteiger partial charge on any atom is -0.364 e. The van der Waals surface area contributed by atoms with Gasteiger partial charge in [-0.15, -0.1) is 11.3 Å². The zero-order valence-electron chi connectivity index (χ0n) is 17.2. The van der Waals surface area contributed by atoms with Gasteiger partial charge in [0, 0.05) is 28.0 Å². The maximum Gasteiger partial charge on any atom is 0.270 e. The number of thiophene rings is 1. The Morgan fingerprint density at radius 1 is 1.09 bits per heavy atom. The van der Waals surface area contributed by atoms with Gasteiger partial charge < -0.3 is 15.6 Å². The summed E-state index contributed by atoms with van der Waals surface area (Å²) >= 11 is 19.6. The highest BCUT2D eigenvalue weighted by Gasteiger charge is 2.34. The molecule has 0 saturated carbocycles. The molecule has 0 fully saturated rings. The Morgan fingerprint density at radius 3 is 2.39 bits per heavy atom. The van der Waals surface area contributed by atoms with Gasteiger partial charge in [0.2, 0.25) is 9.84 Å². The number of carbonyl (C=O) groups is 2. The van der Waals surface area contributed by atoms with E-state index in [1.54, 1.807) is 4.90 Å². The standard InChI is InChI=1S/C21H18Cl3N3O4S2/c1-10-17(21(29)27-4-2-3-15-11(9-27)5-16(24)32-15)26-18(20(25)28)19(10)33(30,31)14-7-12(22)6-13(23)8-14/h5-8,26H,2-4,9H2,1H3,(H2,25,28). The summed E-state index contributed by atoms with van der Waals surface area (Å²) in [4.78, 5) is 30.4. The number of nitrogens with zero attached hydrogens (tertiary/aromatic N) is 1. The van der Waals surface area contributed by atoms with Crippen LogP contribution in [0.2, 0.25) is 14.4 Å². The molecule has 0 atom stereocenters. The van der Waals surface area contributed by atoms with Crippen LogP contribution in [0.3, 0.4) is 0 Å². The van der Waals surface area contributed by atoms with Crippen molar-refractivity contribution >= 4 is 67.8 Å². The number of rotatable bonds is 4. The Bertz CT molecular complexity index is 1380. The molecule has 0 radical (unpaired) electrons. The molecule has 33 heavy (non-hydrogen) atoms. The average molecular weight is 547 g/mol. The smallest absolute Gasteiger partial charge is 0.270 e. The van der Waals surface area contributed by atoms with Crippen molar-refractivity contribution < 1.29 is 18.0 Å². The fraction of sp³-hybridized carbons (Fsp3) is 0.238. The molecule has 2 aromatic heterocycles. The van der Waals surface area contributed by atoms with Crippen LogP contribution in [-0.2, 0) is 22.8 Å². The van der Waals surface area contributed by atoms with Crippen molar-refractivity contribution in [2.24, 2.45) is 5.73 Å². The van der Waals surface area contributed by atoms with Crippen LogP contribution in [0.4, 0.5) is 0 Å². The number of nitrogens with one attached hydrogen (secondary N) is 1. The van der Waals surface area contributed by atoms with Crippen molar-refractivity contribution in [2.75, 3.05) is 6.54 Å². The Hall–Kier alpha value is -2.04. The molecule has 2 amide bonds. The van der Waals surface area contributed by atoms with Gasteiger partial charge in [-0.25, -0.2) is 8.42 Å². The lowest BCUT2D eigenvalue weighted by Crippen LogP contribution is -2.31. The lowest BCUT2D eigenvalue weighted by Gasteiger charge is -2.20. The van der Waals surface area contributed by atoms with Crippen molar-refractivity contribution in [2.45, 2.75) is 36.1 Å². The van der Waals surface area contributed by atoms with Gasteiger partial charge in [-0.05, 0) is 55.2 Å². The molecule has 3 N–H and O–H groups in total. The monoisotopic (exact) mass is 545 g/mol. The van der Waals surface area contributed by atoms with Gasteiger partial charge in [-0.2, -0.15) is 0 Å². The molecule has 1 aliphatic heterocycles. The lowest BCUT2D eigenvalue weighted by atomic mass is 10.2. The van der Waals surface area contributed by atoms with Crippen LogP contribution in [0.25, 0.3) is 0 Å². The molecule has 3 heterocycles.